The Labute approximate surface area is 60.0 Å². The fourth-order valence-electron chi connectivity index (χ4n) is 1.11. The van der Waals surface area contributed by atoms with Crippen molar-refractivity contribution in [2.75, 3.05) is 0 Å². The van der Waals surface area contributed by atoms with Crippen LogP contribution >= 0.6 is 0 Å². The summed E-state index contributed by atoms with van der Waals surface area (Å²) >= 11 is 0. The number of esters is 1. The van der Waals surface area contributed by atoms with Gasteiger partial charge in [-0.15, -0.1) is 0 Å². The lowest BCUT2D eigenvalue weighted by Crippen LogP contribution is -2.31. The molecule has 0 aromatic carbocycles. The second-order valence-electron chi connectivity index (χ2n) is 2.61. The maximum atomic E-state index is 10.7. The molecule has 1 aliphatic heterocycles. The van der Waals surface area contributed by atoms with Crippen molar-refractivity contribution in [2.24, 2.45) is 0 Å². The van der Waals surface area contributed by atoms with E-state index in [1.807, 2.05) is 6.92 Å². The third-order valence-corrected chi connectivity index (χ3v) is 1.69. The van der Waals surface area contributed by atoms with Gasteiger partial charge in [0.2, 0.25) is 0 Å². The van der Waals surface area contributed by atoms with Gasteiger partial charge in [-0.3, -0.25) is 4.79 Å². The summed E-state index contributed by atoms with van der Waals surface area (Å²) in [6, 6.07) is 0. The first kappa shape index (κ1) is 7.54. The van der Waals surface area contributed by atoms with Crippen LogP contribution in [0.5, 0.6) is 0 Å². The Hall–Kier alpha value is -0.570. The summed E-state index contributed by atoms with van der Waals surface area (Å²) in [6.45, 7) is 1.94. The van der Waals surface area contributed by atoms with Crippen LogP contribution < -0.4 is 0 Å². The molecule has 0 spiro atoms. The van der Waals surface area contributed by atoms with E-state index in [2.05, 4.69) is 0 Å². The Morgan fingerprint density at radius 2 is 2.50 bits per heavy atom. The standard InChI is InChI=1S/C7H12O3/c1-2-6-3-5(8)4-7(9)10-6/h5-6,8H,2-4H2,1H3/t5-,6+/m0/s1. The quantitative estimate of drug-likeness (QED) is 0.544. The van der Waals surface area contributed by atoms with Gasteiger partial charge < -0.3 is 9.84 Å². The molecule has 0 bridgehead atoms. The smallest absolute Gasteiger partial charge is 0.308 e. The number of aliphatic hydroxyl groups is 1. The van der Waals surface area contributed by atoms with Crippen LogP contribution in [0.2, 0.25) is 0 Å². The third-order valence-electron chi connectivity index (χ3n) is 1.69. The molecule has 0 radical (unpaired) electrons. The van der Waals surface area contributed by atoms with Crippen molar-refractivity contribution in [3.05, 3.63) is 0 Å². The van der Waals surface area contributed by atoms with Crippen molar-refractivity contribution in [1.82, 2.24) is 0 Å². The van der Waals surface area contributed by atoms with E-state index in [9.17, 15) is 4.79 Å². The lowest BCUT2D eigenvalue weighted by atomic mass is 10.0. The Morgan fingerprint density at radius 3 is 3.00 bits per heavy atom. The van der Waals surface area contributed by atoms with Gasteiger partial charge in [-0.25, -0.2) is 0 Å². The third kappa shape index (κ3) is 1.70. The summed E-state index contributed by atoms with van der Waals surface area (Å²) < 4.78 is 4.91. The highest BCUT2D eigenvalue weighted by Crippen LogP contribution is 2.16. The molecule has 10 heavy (non-hydrogen) atoms. The van der Waals surface area contributed by atoms with Crippen LogP contribution in [0.1, 0.15) is 26.2 Å². The second kappa shape index (κ2) is 3.01. The van der Waals surface area contributed by atoms with E-state index < -0.39 is 6.10 Å². The molecule has 58 valence electrons. The van der Waals surface area contributed by atoms with Gasteiger partial charge in [0.1, 0.15) is 6.10 Å². The van der Waals surface area contributed by atoms with Crippen LogP contribution in [0.4, 0.5) is 0 Å². The van der Waals surface area contributed by atoms with Crippen molar-refractivity contribution in [3.63, 3.8) is 0 Å². The first-order chi connectivity index (χ1) is 4.72. The predicted octanol–water partition coefficient (Wildman–Crippen LogP) is 0.463. The molecule has 0 saturated carbocycles. The summed E-state index contributed by atoms with van der Waals surface area (Å²) in [7, 11) is 0. The van der Waals surface area contributed by atoms with E-state index in [-0.39, 0.29) is 18.5 Å². The van der Waals surface area contributed by atoms with Crippen molar-refractivity contribution in [2.45, 2.75) is 38.4 Å². The van der Waals surface area contributed by atoms with Crippen molar-refractivity contribution < 1.29 is 14.6 Å². The predicted molar refractivity (Wildman–Crippen MR) is 35.4 cm³/mol. The highest BCUT2D eigenvalue weighted by Gasteiger charge is 2.25. The van der Waals surface area contributed by atoms with E-state index in [1.165, 1.54) is 0 Å². The zero-order valence-electron chi connectivity index (χ0n) is 6.04. The maximum Gasteiger partial charge on any atom is 0.308 e. The lowest BCUT2D eigenvalue weighted by Gasteiger charge is -2.24. The van der Waals surface area contributed by atoms with Gasteiger partial charge in [0.25, 0.3) is 0 Å². The van der Waals surface area contributed by atoms with Crippen LogP contribution in [0, 0.1) is 0 Å². The van der Waals surface area contributed by atoms with E-state index in [1.54, 1.807) is 0 Å². The first-order valence-electron chi connectivity index (χ1n) is 3.60. The van der Waals surface area contributed by atoms with Gasteiger partial charge in [-0.05, 0) is 6.42 Å². The van der Waals surface area contributed by atoms with E-state index in [0.29, 0.717) is 6.42 Å². The minimum Gasteiger partial charge on any atom is -0.462 e. The van der Waals surface area contributed by atoms with Crippen molar-refractivity contribution in [1.29, 1.82) is 0 Å². The van der Waals surface area contributed by atoms with Crippen LogP contribution in [-0.4, -0.2) is 23.3 Å². The minimum atomic E-state index is -0.480. The SMILES string of the molecule is CC[C@@H]1C[C@H](O)CC(=O)O1. The van der Waals surface area contributed by atoms with Gasteiger partial charge in [0.05, 0.1) is 12.5 Å². The normalized spacial score (nSPS) is 33.6. The number of aliphatic hydroxyl groups excluding tert-OH is 1. The van der Waals surface area contributed by atoms with Crippen LogP contribution in [0.25, 0.3) is 0 Å². The number of hydrogen-bond acceptors (Lipinski definition) is 3. The number of carbonyl (C=O) groups is 1. The highest BCUT2D eigenvalue weighted by atomic mass is 16.5. The van der Waals surface area contributed by atoms with Gasteiger partial charge in [0.15, 0.2) is 0 Å². The van der Waals surface area contributed by atoms with Gasteiger partial charge in [-0.2, -0.15) is 0 Å². The number of cyclic esters (lactones) is 1. The topological polar surface area (TPSA) is 46.5 Å². The van der Waals surface area contributed by atoms with E-state index in [4.69, 9.17) is 9.84 Å². The van der Waals surface area contributed by atoms with Gasteiger partial charge in [0, 0.05) is 6.42 Å². The van der Waals surface area contributed by atoms with Crippen LogP contribution in [0.15, 0.2) is 0 Å². The molecule has 1 saturated heterocycles. The molecule has 3 nitrogen and oxygen atoms in total. The maximum absolute atomic E-state index is 10.7. The number of hydrogen-bond donors (Lipinski definition) is 1. The molecule has 0 aromatic rings. The molecule has 1 fully saturated rings. The Bertz CT molecular complexity index is 133. The summed E-state index contributed by atoms with van der Waals surface area (Å²) in [4.78, 5) is 10.7. The minimum absolute atomic E-state index is 0.0590. The summed E-state index contributed by atoms with van der Waals surface area (Å²) in [5, 5.41) is 9.08. The Kier molecular flexibility index (Phi) is 2.27. The van der Waals surface area contributed by atoms with E-state index >= 15 is 0 Å². The lowest BCUT2D eigenvalue weighted by molar-refractivity contribution is -0.160. The fraction of sp³-hybridized carbons (Fsp3) is 0.857. The molecule has 0 unspecified atom stereocenters. The molecule has 0 aromatic heterocycles. The molecular weight excluding hydrogens is 132 g/mol. The van der Waals surface area contributed by atoms with Crippen LogP contribution in [-0.2, 0) is 9.53 Å². The Morgan fingerprint density at radius 1 is 1.80 bits per heavy atom. The highest BCUT2D eigenvalue weighted by molar-refractivity contribution is 5.70. The van der Waals surface area contributed by atoms with Crippen molar-refractivity contribution in [3.8, 4) is 0 Å². The summed E-state index contributed by atoms with van der Waals surface area (Å²) in [6.07, 6.45) is 1.02. The molecule has 1 rings (SSSR count). The molecule has 0 aliphatic carbocycles. The largest absolute Gasteiger partial charge is 0.462 e. The zero-order valence-corrected chi connectivity index (χ0v) is 6.04. The molecule has 1 N–H and O–H groups in total. The molecule has 3 heteroatoms. The molecule has 2 atom stereocenters. The first-order valence-corrected chi connectivity index (χ1v) is 3.60. The average Bonchev–Trinajstić information content (AvgIpc) is 1.85. The Balaban J connectivity index is 2.42. The van der Waals surface area contributed by atoms with Crippen molar-refractivity contribution >= 4 is 5.97 Å². The monoisotopic (exact) mass is 144 g/mol. The number of rotatable bonds is 1. The molecule has 1 aliphatic rings. The zero-order chi connectivity index (χ0) is 7.56. The molecular formula is C7H12O3. The van der Waals surface area contributed by atoms with Gasteiger partial charge in [-0.1, -0.05) is 6.92 Å². The molecule has 1 heterocycles. The van der Waals surface area contributed by atoms with E-state index in [0.717, 1.165) is 6.42 Å². The second-order valence-corrected chi connectivity index (χ2v) is 2.61. The molecule has 0 amide bonds. The average molecular weight is 144 g/mol. The fourth-order valence-corrected chi connectivity index (χ4v) is 1.11. The van der Waals surface area contributed by atoms with Gasteiger partial charge >= 0.3 is 5.97 Å². The van der Waals surface area contributed by atoms with Crippen LogP contribution in [0.3, 0.4) is 0 Å². The summed E-state index contributed by atoms with van der Waals surface area (Å²) in [5.74, 6) is -0.273. The summed E-state index contributed by atoms with van der Waals surface area (Å²) in [5.41, 5.74) is 0. The number of ether oxygens (including phenoxy) is 1. The number of carbonyl (C=O) groups excluding carboxylic acids is 1.